The second-order valence-corrected chi connectivity index (χ2v) is 5.15. The van der Waals surface area contributed by atoms with E-state index in [9.17, 15) is 21.6 Å². The molecule has 1 rings (SSSR count). The Morgan fingerprint density at radius 2 is 2.11 bits per heavy atom. The first-order valence-corrected chi connectivity index (χ1v) is 6.55. The van der Waals surface area contributed by atoms with Crippen molar-refractivity contribution in [3.63, 3.8) is 0 Å². The molecular weight excluding hydrogens is 287 g/mol. The van der Waals surface area contributed by atoms with Crippen LogP contribution in [0.15, 0.2) is 23.4 Å². The molecule has 3 N–H and O–H groups in total. The molecule has 0 aromatic carbocycles. The van der Waals surface area contributed by atoms with Crippen molar-refractivity contribution >= 4 is 15.7 Å². The maximum Gasteiger partial charge on any atom is 0.411 e. The van der Waals surface area contributed by atoms with Gasteiger partial charge in [0.2, 0.25) is 0 Å². The zero-order valence-electron chi connectivity index (χ0n) is 9.64. The lowest BCUT2D eigenvalue weighted by molar-refractivity contribution is -0.173. The van der Waals surface area contributed by atoms with Crippen molar-refractivity contribution in [3.05, 3.63) is 18.3 Å². The molecule has 19 heavy (non-hydrogen) atoms. The highest BCUT2D eigenvalue weighted by atomic mass is 32.2. The minimum Gasteiger partial charge on any atom is -0.396 e. The van der Waals surface area contributed by atoms with Gasteiger partial charge >= 0.3 is 6.18 Å². The topological polar surface area (TPSA) is 94.3 Å². The molecule has 10 heteroatoms. The van der Waals surface area contributed by atoms with Gasteiger partial charge in [-0.25, -0.2) is 18.1 Å². The summed E-state index contributed by atoms with van der Waals surface area (Å²) >= 11 is 0. The molecule has 0 aliphatic carbocycles. The number of hydrogen-bond donors (Lipinski definition) is 2. The van der Waals surface area contributed by atoms with Crippen molar-refractivity contribution in [1.29, 1.82) is 0 Å². The van der Waals surface area contributed by atoms with E-state index in [0.29, 0.717) is 0 Å². The van der Waals surface area contributed by atoms with Gasteiger partial charge in [-0.3, -0.25) is 0 Å². The Morgan fingerprint density at radius 3 is 2.68 bits per heavy atom. The van der Waals surface area contributed by atoms with Crippen molar-refractivity contribution in [1.82, 2.24) is 9.71 Å². The lowest BCUT2D eigenvalue weighted by Crippen LogP contribution is -2.30. The predicted molar refractivity (Wildman–Crippen MR) is 60.7 cm³/mol. The molecule has 0 atom stereocenters. The SMILES string of the molecule is Nc1cccnc1S(=O)(=O)NCCOCC(F)(F)F. The Labute approximate surface area is 107 Å². The summed E-state index contributed by atoms with van der Waals surface area (Å²) in [5.74, 6) is 0. The molecule has 6 nitrogen and oxygen atoms in total. The Morgan fingerprint density at radius 1 is 1.42 bits per heavy atom. The number of ether oxygens (including phenoxy) is 1. The highest BCUT2D eigenvalue weighted by molar-refractivity contribution is 7.89. The van der Waals surface area contributed by atoms with Crippen LogP contribution in [0.3, 0.4) is 0 Å². The van der Waals surface area contributed by atoms with Gasteiger partial charge < -0.3 is 10.5 Å². The summed E-state index contributed by atoms with van der Waals surface area (Å²) in [7, 11) is -3.95. The molecular formula is C9H12F3N3O3S. The molecule has 0 unspecified atom stereocenters. The summed E-state index contributed by atoms with van der Waals surface area (Å²) in [6.07, 6.45) is -3.20. The third-order valence-electron chi connectivity index (χ3n) is 1.86. The summed E-state index contributed by atoms with van der Waals surface area (Å²) in [5, 5.41) is -0.370. The summed E-state index contributed by atoms with van der Waals surface area (Å²) < 4.78 is 64.9. The average molecular weight is 299 g/mol. The number of alkyl halides is 3. The summed E-state index contributed by atoms with van der Waals surface area (Å²) in [6.45, 7) is -2.15. The minimum absolute atomic E-state index is 0.0498. The van der Waals surface area contributed by atoms with Crippen LogP contribution in [-0.4, -0.2) is 39.3 Å². The lowest BCUT2D eigenvalue weighted by Gasteiger charge is -2.09. The van der Waals surface area contributed by atoms with Crippen LogP contribution in [0.4, 0.5) is 18.9 Å². The summed E-state index contributed by atoms with van der Waals surface area (Å²) in [4.78, 5) is 3.59. The first-order chi connectivity index (χ1) is 8.72. The predicted octanol–water partition coefficient (Wildman–Crippen LogP) is 0.521. The fourth-order valence-corrected chi connectivity index (χ4v) is 2.20. The number of anilines is 1. The van der Waals surface area contributed by atoms with Gasteiger partial charge in [0.15, 0.2) is 5.03 Å². The van der Waals surface area contributed by atoms with E-state index < -0.39 is 29.4 Å². The van der Waals surface area contributed by atoms with Crippen LogP contribution < -0.4 is 10.5 Å². The Bertz CT molecular complexity index is 519. The molecule has 0 saturated carbocycles. The van der Waals surface area contributed by atoms with E-state index in [4.69, 9.17) is 5.73 Å². The van der Waals surface area contributed by atoms with Crippen molar-refractivity contribution in [2.75, 3.05) is 25.5 Å². The normalized spacial score (nSPS) is 12.6. The van der Waals surface area contributed by atoms with E-state index in [2.05, 4.69) is 9.72 Å². The highest BCUT2D eigenvalue weighted by Crippen LogP contribution is 2.14. The molecule has 0 spiro atoms. The molecule has 0 aliphatic heterocycles. The zero-order valence-corrected chi connectivity index (χ0v) is 10.5. The van der Waals surface area contributed by atoms with E-state index in [1.165, 1.54) is 18.3 Å². The van der Waals surface area contributed by atoms with Crippen LogP contribution >= 0.6 is 0 Å². The lowest BCUT2D eigenvalue weighted by atomic mass is 10.4. The van der Waals surface area contributed by atoms with Crippen LogP contribution in [-0.2, 0) is 14.8 Å². The maximum atomic E-state index is 11.7. The van der Waals surface area contributed by atoms with Crippen LogP contribution in [0.2, 0.25) is 0 Å². The molecule has 1 aromatic heterocycles. The van der Waals surface area contributed by atoms with Crippen LogP contribution in [0.1, 0.15) is 0 Å². The largest absolute Gasteiger partial charge is 0.411 e. The summed E-state index contributed by atoms with van der Waals surface area (Å²) in [6, 6.07) is 2.81. The maximum absolute atomic E-state index is 11.7. The van der Waals surface area contributed by atoms with E-state index in [1.807, 2.05) is 4.72 Å². The third-order valence-corrected chi connectivity index (χ3v) is 3.29. The first-order valence-electron chi connectivity index (χ1n) is 5.07. The van der Waals surface area contributed by atoms with Crippen LogP contribution in [0, 0.1) is 0 Å². The van der Waals surface area contributed by atoms with Gasteiger partial charge in [-0.15, -0.1) is 0 Å². The fourth-order valence-electron chi connectivity index (χ4n) is 1.13. The van der Waals surface area contributed by atoms with E-state index >= 15 is 0 Å². The van der Waals surface area contributed by atoms with Crippen molar-refractivity contribution in [2.45, 2.75) is 11.2 Å². The average Bonchev–Trinajstić information content (AvgIpc) is 2.27. The number of nitrogens with zero attached hydrogens (tertiary/aromatic N) is 1. The fraction of sp³-hybridized carbons (Fsp3) is 0.444. The van der Waals surface area contributed by atoms with Crippen LogP contribution in [0.25, 0.3) is 0 Å². The number of halogens is 3. The van der Waals surface area contributed by atoms with E-state index in [0.717, 1.165) is 0 Å². The Kier molecular flexibility index (Phi) is 5.09. The van der Waals surface area contributed by atoms with Gasteiger partial charge in [0.1, 0.15) is 6.61 Å². The van der Waals surface area contributed by atoms with Gasteiger partial charge in [-0.1, -0.05) is 0 Å². The van der Waals surface area contributed by atoms with Crippen LogP contribution in [0.5, 0.6) is 0 Å². The second-order valence-electron chi connectivity index (χ2n) is 3.46. The number of nitrogens with two attached hydrogens (primary N) is 1. The third kappa shape index (κ3) is 5.41. The van der Waals surface area contributed by atoms with Gasteiger partial charge in [0.05, 0.1) is 12.3 Å². The monoisotopic (exact) mass is 299 g/mol. The molecule has 1 aromatic rings. The smallest absolute Gasteiger partial charge is 0.396 e. The van der Waals surface area contributed by atoms with Crippen molar-refractivity contribution in [3.8, 4) is 0 Å². The highest BCUT2D eigenvalue weighted by Gasteiger charge is 2.27. The molecule has 0 bridgehead atoms. The van der Waals surface area contributed by atoms with Gasteiger partial charge in [-0.05, 0) is 12.1 Å². The molecule has 1 heterocycles. The standard InChI is InChI=1S/C9H12F3N3O3S/c10-9(11,12)6-18-5-4-15-19(16,17)8-7(13)2-1-3-14-8/h1-3,15H,4-6,13H2. The molecule has 0 aliphatic rings. The van der Waals surface area contributed by atoms with E-state index in [-0.39, 0.29) is 17.3 Å². The number of rotatable bonds is 6. The number of nitrogen functional groups attached to an aromatic ring is 1. The van der Waals surface area contributed by atoms with Crippen molar-refractivity contribution in [2.24, 2.45) is 0 Å². The summed E-state index contributed by atoms with van der Waals surface area (Å²) in [5.41, 5.74) is 5.38. The van der Waals surface area contributed by atoms with E-state index in [1.54, 1.807) is 0 Å². The molecule has 0 fully saturated rings. The van der Waals surface area contributed by atoms with Crippen molar-refractivity contribution < 1.29 is 26.3 Å². The number of aromatic nitrogens is 1. The Hall–Kier alpha value is -1.39. The zero-order chi connectivity index (χ0) is 14.5. The molecule has 0 amide bonds. The Balaban J connectivity index is 2.47. The second kappa shape index (κ2) is 6.17. The van der Waals surface area contributed by atoms with Gasteiger partial charge in [-0.2, -0.15) is 13.2 Å². The quantitative estimate of drug-likeness (QED) is 0.747. The molecule has 108 valence electrons. The van der Waals surface area contributed by atoms with Gasteiger partial charge in [0.25, 0.3) is 10.0 Å². The minimum atomic E-state index is -4.44. The molecule has 0 radical (unpaired) electrons. The number of hydrogen-bond acceptors (Lipinski definition) is 5. The molecule has 0 saturated heterocycles. The number of sulfonamides is 1. The number of pyridine rings is 1. The number of nitrogens with one attached hydrogen (secondary N) is 1. The first kappa shape index (κ1) is 15.7. The van der Waals surface area contributed by atoms with Gasteiger partial charge in [0, 0.05) is 12.7 Å².